The molecule has 1 aromatic carbocycles. The number of nitrogens with one attached hydrogen (secondary N) is 1. The van der Waals surface area contributed by atoms with Gasteiger partial charge in [-0.05, 0) is 37.8 Å². The number of carbonyl (C=O) groups excluding carboxylic acids is 2. The van der Waals surface area contributed by atoms with Crippen LogP contribution in [-0.2, 0) is 11.2 Å². The topological polar surface area (TPSA) is 101 Å². The molecule has 0 bridgehead atoms. The van der Waals surface area contributed by atoms with Crippen molar-refractivity contribution in [3.63, 3.8) is 0 Å². The Morgan fingerprint density at radius 2 is 2.00 bits per heavy atom. The average molecular weight is 424 g/mol. The molecule has 4 rings (SSSR count). The van der Waals surface area contributed by atoms with E-state index in [1.54, 1.807) is 4.90 Å². The maximum Gasteiger partial charge on any atom is 0.266 e. The molecule has 156 valence electrons. The Balaban J connectivity index is 1.38. The van der Waals surface area contributed by atoms with E-state index in [0.717, 1.165) is 28.6 Å². The number of nitrogen functional groups attached to an aromatic ring is 1. The first-order chi connectivity index (χ1) is 14.4. The summed E-state index contributed by atoms with van der Waals surface area (Å²) < 4.78 is 0. The Morgan fingerprint density at radius 1 is 1.23 bits per heavy atom. The second-order valence-corrected chi connectivity index (χ2v) is 8.72. The van der Waals surface area contributed by atoms with Gasteiger partial charge in [0.05, 0.1) is 11.4 Å². The van der Waals surface area contributed by atoms with Crippen LogP contribution in [0.2, 0.25) is 0 Å². The molecule has 8 heteroatoms. The molecule has 0 spiro atoms. The van der Waals surface area contributed by atoms with Crippen LogP contribution in [0.1, 0.15) is 39.3 Å². The first-order valence-electron chi connectivity index (χ1n) is 10.1. The van der Waals surface area contributed by atoms with Gasteiger partial charge < -0.3 is 16.0 Å². The van der Waals surface area contributed by atoms with Crippen molar-refractivity contribution in [2.24, 2.45) is 0 Å². The fourth-order valence-electron chi connectivity index (χ4n) is 3.81. The third-order valence-electron chi connectivity index (χ3n) is 5.65. The largest absolute Gasteiger partial charge is 0.397 e. The lowest BCUT2D eigenvalue weighted by molar-refractivity contribution is -0.121. The number of benzene rings is 1. The highest BCUT2D eigenvalue weighted by Crippen LogP contribution is 2.36. The molecule has 1 saturated heterocycles. The van der Waals surface area contributed by atoms with Crippen LogP contribution in [0.5, 0.6) is 0 Å². The SMILES string of the molecule is Cc1nnc2sc(C(=O)N3CCC(NC(=O)CCc4ccccc4)C3)c(N)c2c1C. The summed E-state index contributed by atoms with van der Waals surface area (Å²) in [6.07, 6.45) is 1.89. The van der Waals surface area contributed by atoms with Gasteiger partial charge in [-0.3, -0.25) is 9.59 Å². The Labute approximate surface area is 179 Å². The number of anilines is 1. The molecule has 3 N–H and O–H groups in total. The molecule has 1 aliphatic heterocycles. The van der Waals surface area contributed by atoms with Crippen molar-refractivity contribution in [3.05, 3.63) is 52.0 Å². The molecule has 7 nitrogen and oxygen atoms in total. The predicted molar refractivity (Wildman–Crippen MR) is 119 cm³/mol. The molecule has 1 atom stereocenters. The number of aromatic nitrogens is 2. The van der Waals surface area contributed by atoms with Crippen molar-refractivity contribution in [1.82, 2.24) is 20.4 Å². The summed E-state index contributed by atoms with van der Waals surface area (Å²) in [6, 6.07) is 9.92. The van der Waals surface area contributed by atoms with Gasteiger partial charge in [0.2, 0.25) is 5.91 Å². The molecular weight excluding hydrogens is 398 g/mol. The van der Waals surface area contributed by atoms with Crippen molar-refractivity contribution in [2.45, 2.75) is 39.2 Å². The number of rotatable bonds is 5. The second kappa shape index (κ2) is 8.39. The summed E-state index contributed by atoms with van der Waals surface area (Å²) >= 11 is 1.29. The lowest BCUT2D eigenvalue weighted by Crippen LogP contribution is -2.38. The van der Waals surface area contributed by atoms with Crippen molar-refractivity contribution in [1.29, 1.82) is 0 Å². The summed E-state index contributed by atoms with van der Waals surface area (Å²) in [4.78, 5) is 28.3. The molecule has 2 aromatic heterocycles. The van der Waals surface area contributed by atoms with E-state index in [2.05, 4.69) is 15.5 Å². The molecule has 3 aromatic rings. The van der Waals surface area contributed by atoms with Gasteiger partial charge in [-0.25, -0.2) is 0 Å². The van der Waals surface area contributed by atoms with Crippen LogP contribution in [0.15, 0.2) is 30.3 Å². The highest BCUT2D eigenvalue weighted by molar-refractivity contribution is 7.21. The van der Waals surface area contributed by atoms with Crippen molar-refractivity contribution >= 4 is 39.1 Å². The van der Waals surface area contributed by atoms with Crippen molar-refractivity contribution < 1.29 is 9.59 Å². The van der Waals surface area contributed by atoms with E-state index in [1.165, 1.54) is 11.3 Å². The Kier molecular flexibility index (Phi) is 5.67. The lowest BCUT2D eigenvalue weighted by Gasteiger charge is -2.17. The smallest absolute Gasteiger partial charge is 0.266 e. The van der Waals surface area contributed by atoms with Gasteiger partial charge in [0.15, 0.2) is 0 Å². The van der Waals surface area contributed by atoms with Gasteiger partial charge >= 0.3 is 0 Å². The minimum absolute atomic E-state index is 0.0147. The van der Waals surface area contributed by atoms with Crippen LogP contribution in [-0.4, -0.2) is 46.0 Å². The number of fused-ring (bicyclic) bond motifs is 1. The molecule has 0 saturated carbocycles. The van der Waals surface area contributed by atoms with Crippen molar-refractivity contribution in [2.75, 3.05) is 18.8 Å². The molecule has 1 fully saturated rings. The van der Waals surface area contributed by atoms with E-state index in [0.29, 0.717) is 41.3 Å². The highest BCUT2D eigenvalue weighted by atomic mass is 32.1. The van der Waals surface area contributed by atoms with Crippen LogP contribution >= 0.6 is 11.3 Å². The molecule has 1 aliphatic rings. The number of hydrogen-bond acceptors (Lipinski definition) is 6. The summed E-state index contributed by atoms with van der Waals surface area (Å²) in [7, 11) is 0. The monoisotopic (exact) mass is 423 g/mol. The summed E-state index contributed by atoms with van der Waals surface area (Å²) in [5, 5.41) is 12.2. The molecule has 3 heterocycles. The van der Waals surface area contributed by atoms with Gasteiger partial charge in [-0.1, -0.05) is 30.3 Å². The Bertz CT molecular complexity index is 1100. The summed E-state index contributed by atoms with van der Waals surface area (Å²) in [6.45, 7) is 4.92. The maximum atomic E-state index is 13.1. The number of carbonyl (C=O) groups is 2. The lowest BCUT2D eigenvalue weighted by atomic mass is 10.1. The van der Waals surface area contributed by atoms with Gasteiger partial charge in [0.25, 0.3) is 5.91 Å². The standard InChI is InChI=1S/C22H25N5O2S/c1-13-14(2)25-26-21-18(13)19(23)20(30-21)22(29)27-11-10-16(12-27)24-17(28)9-8-15-6-4-3-5-7-15/h3-7,16H,8-12,23H2,1-2H3,(H,24,28). The van der Waals surface area contributed by atoms with Crippen LogP contribution in [0.3, 0.4) is 0 Å². The number of likely N-dealkylation sites (tertiary alicyclic amines) is 1. The summed E-state index contributed by atoms with van der Waals surface area (Å²) in [5.41, 5.74) is 9.70. The Hall–Kier alpha value is -3.00. The van der Waals surface area contributed by atoms with Gasteiger partial charge in [0, 0.05) is 30.9 Å². The minimum Gasteiger partial charge on any atom is -0.397 e. The van der Waals surface area contributed by atoms with Crippen LogP contribution in [0, 0.1) is 13.8 Å². The van der Waals surface area contributed by atoms with E-state index in [1.807, 2.05) is 44.2 Å². The minimum atomic E-state index is -0.103. The van der Waals surface area contributed by atoms with Crippen LogP contribution in [0.25, 0.3) is 10.2 Å². The van der Waals surface area contributed by atoms with E-state index in [9.17, 15) is 9.59 Å². The third kappa shape index (κ3) is 4.00. The third-order valence-corrected chi connectivity index (χ3v) is 6.73. The number of nitrogens with two attached hydrogens (primary N) is 1. The van der Waals surface area contributed by atoms with Crippen LogP contribution in [0.4, 0.5) is 5.69 Å². The highest BCUT2D eigenvalue weighted by Gasteiger charge is 2.30. The predicted octanol–water partition coefficient (Wildman–Crippen LogP) is 2.85. The number of aryl methyl sites for hydroxylation is 3. The molecule has 2 amide bonds. The molecule has 0 radical (unpaired) electrons. The van der Waals surface area contributed by atoms with E-state index in [-0.39, 0.29) is 17.9 Å². The summed E-state index contributed by atoms with van der Waals surface area (Å²) in [5.74, 6) is -0.0884. The van der Waals surface area contributed by atoms with E-state index < -0.39 is 0 Å². The van der Waals surface area contributed by atoms with Crippen LogP contribution < -0.4 is 11.1 Å². The fourth-order valence-corrected chi connectivity index (χ4v) is 4.88. The zero-order valence-electron chi connectivity index (χ0n) is 17.1. The molecular formula is C22H25N5O2S. The maximum absolute atomic E-state index is 13.1. The first-order valence-corrected chi connectivity index (χ1v) is 10.9. The molecule has 1 unspecified atom stereocenters. The van der Waals surface area contributed by atoms with E-state index in [4.69, 9.17) is 5.73 Å². The van der Waals surface area contributed by atoms with Gasteiger partial charge in [-0.2, -0.15) is 5.10 Å². The number of hydrogen-bond donors (Lipinski definition) is 2. The molecule has 30 heavy (non-hydrogen) atoms. The zero-order valence-corrected chi connectivity index (χ0v) is 18.0. The average Bonchev–Trinajstić information content (AvgIpc) is 3.34. The first kappa shape index (κ1) is 20.3. The Morgan fingerprint density at radius 3 is 2.77 bits per heavy atom. The zero-order chi connectivity index (χ0) is 21.3. The van der Waals surface area contributed by atoms with Gasteiger partial charge in [-0.15, -0.1) is 16.4 Å². The van der Waals surface area contributed by atoms with Gasteiger partial charge in [0.1, 0.15) is 9.71 Å². The van der Waals surface area contributed by atoms with Crippen molar-refractivity contribution in [3.8, 4) is 0 Å². The fraction of sp³-hybridized carbons (Fsp3) is 0.364. The number of nitrogens with zero attached hydrogens (tertiary/aromatic N) is 3. The quantitative estimate of drug-likeness (QED) is 0.657. The number of amides is 2. The normalized spacial score (nSPS) is 16.2. The number of thiophene rings is 1. The van der Waals surface area contributed by atoms with E-state index >= 15 is 0 Å². The molecule has 0 aliphatic carbocycles. The second-order valence-electron chi connectivity index (χ2n) is 7.73.